The minimum atomic E-state index is -0.676. The first-order valence-electron chi connectivity index (χ1n) is 8.74. The molecule has 2 unspecified atom stereocenters. The van der Waals surface area contributed by atoms with E-state index in [4.69, 9.17) is 28.0 Å². The van der Waals surface area contributed by atoms with Crippen LogP contribution in [-0.4, -0.2) is 48.2 Å². The SMILES string of the molecule is CCNC(=O)C1CCCN(C(=O)C2CC(c3ccc(Cl)cc3Cl)=NO2)C1. The summed E-state index contributed by atoms with van der Waals surface area (Å²) in [6, 6.07) is 5.13. The Morgan fingerprint density at radius 3 is 2.92 bits per heavy atom. The number of oxime groups is 1. The fourth-order valence-electron chi connectivity index (χ4n) is 3.31. The van der Waals surface area contributed by atoms with Gasteiger partial charge in [-0.1, -0.05) is 34.4 Å². The quantitative estimate of drug-likeness (QED) is 0.848. The van der Waals surface area contributed by atoms with Crippen molar-refractivity contribution in [2.45, 2.75) is 32.3 Å². The van der Waals surface area contributed by atoms with Crippen molar-refractivity contribution in [2.24, 2.45) is 11.1 Å². The zero-order valence-corrected chi connectivity index (χ0v) is 16.0. The van der Waals surface area contributed by atoms with Gasteiger partial charge in [0, 0.05) is 36.6 Å². The summed E-state index contributed by atoms with van der Waals surface area (Å²) in [6.07, 6.45) is 1.27. The highest BCUT2D eigenvalue weighted by Gasteiger charge is 2.36. The Kier molecular flexibility index (Phi) is 6.04. The Bertz CT molecular complexity index is 738. The fourth-order valence-corrected chi connectivity index (χ4v) is 3.82. The number of benzene rings is 1. The Labute approximate surface area is 162 Å². The predicted octanol–water partition coefficient (Wildman–Crippen LogP) is 2.86. The monoisotopic (exact) mass is 397 g/mol. The summed E-state index contributed by atoms with van der Waals surface area (Å²) >= 11 is 12.1. The molecular weight excluding hydrogens is 377 g/mol. The standard InChI is InChI=1S/C18H21Cl2N3O3/c1-2-21-17(24)11-4-3-7-23(10-11)18(25)16-9-15(22-26-16)13-6-5-12(19)8-14(13)20/h5-6,8,11,16H,2-4,7,9-10H2,1H3,(H,21,24). The van der Waals surface area contributed by atoms with Crippen LogP contribution in [0.3, 0.4) is 0 Å². The second-order valence-electron chi connectivity index (χ2n) is 6.48. The molecule has 1 saturated heterocycles. The van der Waals surface area contributed by atoms with Crippen molar-refractivity contribution in [1.82, 2.24) is 10.2 Å². The number of likely N-dealkylation sites (tertiary alicyclic amines) is 1. The van der Waals surface area contributed by atoms with Gasteiger partial charge in [0.15, 0.2) is 0 Å². The maximum absolute atomic E-state index is 12.8. The molecule has 2 aliphatic rings. The number of piperidine rings is 1. The molecule has 140 valence electrons. The highest BCUT2D eigenvalue weighted by molar-refractivity contribution is 6.37. The van der Waals surface area contributed by atoms with Gasteiger partial charge < -0.3 is 15.1 Å². The van der Waals surface area contributed by atoms with E-state index in [2.05, 4.69) is 10.5 Å². The molecule has 1 N–H and O–H groups in total. The Balaban J connectivity index is 1.62. The van der Waals surface area contributed by atoms with Crippen molar-refractivity contribution in [3.8, 4) is 0 Å². The molecule has 1 aromatic rings. The number of carbonyl (C=O) groups excluding carboxylic acids is 2. The van der Waals surface area contributed by atoms with Crippen LogP contribution in [0.4, 0.5) is 0 Å². The third-order valence-electron chi connectivity index (χ3n) is 4.64. The largest absolute Gasteiger partial charge is 0.382 e. The Hall–Kier alpha value is -1.79. The maximum atomic E-state index is 12.8. The molecule has 6 nitrogen and oxygen atoms in total. The highest BCUT2D eigenvalue weighted by atomic mass is 35.5. The van der Waals surface area contributed by atoms with Gasteiger partial charge in [0.2, 0.25) is 12.0 Å². The molecule has 0 aromatic heterocycles. The molecule has 2 aliphatic heterocycles. The van der Waals surface area contributed by atoms with Crippen LogP contribution in [0.15, 0.2) is 23.4 Å². The number of nitrogens with zero attached hydrogens (tertiary/aromatic N) is 2. The smallest absolute Gasteiger partial charge is 0.266 e. The molecule has 0 aliphatic carbocycles. The molecule has 1 fully saturated rings. The summed E-state index contributed by atoms with van der Waals surface area (Å²) in [5.41, 5.74) is 1.34. The third-order valence-corrected chi connectivity index (χ3v) is 5.19. The first kappa shape index (κ1) is 19.0. The van der Waals surface area contributed by atoms with Crippen molar-refractivity contribution < 1.29 is 14.4 Å². The number of halogens is 2. The van der Waals surface area contributed by atoms with Crippen LogP contribution in [-0.2, 0) is 14.4 Å². The van der Waals surface area contributed by atoms with E-state index in [1.807, 2.05) is 6.92 Å². The summed E-state index contributed by atoms with van der Waals surface area (Å²) in [5.74, 6) is -0.301. The van der Waals surface area contributed by atoms with Crippen LogP contribution < -0.4 is 5.32 Å². The molecule has 0 spiro atoms. The lowest BCUT2D eigenvalue weighted by atomic mass is 9.96. The molecule has 8 heteroatoms. The van der Waals surface area contributed by atoms with Crippen molar-refractivity contribution in [1.29, 1.82) is 0 Å². The molecule has 0 radical (unpaired) electrons. The number of hydrogen-bond acceptors (Lipinski definition) is 4. The first-order valence-corrected chi connectivity index (χ1v) is 9.49. The van der Waals surface area contributed by atoms with E-state index >= 15 is 0 Å². The average Bonchev–Trinajstić information content (AvgIpc) is 3.11. The Morgan fingerprint density at radius 2 is 2.19 bits per heavy atom. The van der Waals surface area contributed by atoms with Gasteiger partial charge in [0.05, 0.1) is 16.7 Å². The summed E-state index contributed by atoms with van der Waals surface area (Å²) < 4.78 is 0. The average molecular weight is 398 g/mol. The van der Waals surface area contributed by atoms with Crippen LogP contribution in [0.1, 0.15) is 31.7 Å². The van der Waals surface area contributed by atoms with E-state index in [0.717, 1.165) is 12.8 Å². The van der Waals surface area contributed by atoms with E-state index in [9.17, 15) is 9.59 Å². The van der Waals surface area contributed by atoms with E-state index < -0.39 is 6.10 Å². The minimum absolute atomic E-state index is 0.00206. The van der Waals surface area contributed by atoms with Crippen molar-refractivity contribution in [2.75, 3.05) is 19.6 Å². The zero-order chi connectivity index (χ0) is 18.7. The molecule has 3 rings (SSSR count). The molecular formula is C18H21Cl2N3O3. The summed E-state index contributed by atoms with van der Waals surface area (Å²) in [4.78, 5) is 31.9. The van der Waals surface area contributed by atoms with Gasteiger partial charge in [0.25, 0.3) is 5.91 Å². The van der Waals surface area contributed by atoms with Crippen LogP contribution in [0.5, 0.6) is 0 Å². The molecule has 1 aromatic carbocycles. The highest BCUT2D eigenvalue weighted by Crippen LogP contribution is 2.27. The third kappa shape index (κ3) is 4.13. The van der Waals surface area contributed by atoms with Gasteiger partial charge in [0.1, 0.15) is 0 Å². The second-order valence-corrected chi connectivity index (χ2v) is 7.32. The summed E-state index contributed by atoms with van der Waals surface area (Å²) in [7, 11) is 0. The maximum Gasteiger partial charge on any atom is 0.266 e. The van der Waals surface area contributed by atoms with Crippen LogP contribution in [0, 0.1) is 5.92 Å². The molecule has 2 amide bonds. The van der Waals surface area contributed by atoms with E-state index in [0.29, 0.717) is 47.4 Å². The predicted molar refractivity (Wildman–Crippen MR) is 100 cm³/mol. The van der Waals surface area contributed by atoms with E-state index in [1.165, 1.54) is 0 Å². The van der Waals surface area contributed by atoms with Crippen LogP contribution in [0.25, 0.3) is 0 Å². The molecule has 0 saturated carbocycles. The number of amides is 2. The van der Waals surface area contributed by atoms with Gasteiger partial charge in [-0.3, -0.25) is 9.59 Å². The van der Waals surface area contributed by atoms with Crippen molar-refractivity contribution in [3.63, 3.8) is 0 Å². The van der Waals surface area contributed by atoms with Crippen LogP contribution >= 0.6 is 23.2 Å². The van der Waals surface area contributed by atoms with Gasteiger partial charge >= 0.3 is 0 Å². The van der Waals surface area contributed by atoms with Gasteiger partial charge in [-0.2, -0.15) is 0 Å². The minimum Gasteiger partial charge on any atom is -0.382 e. The normalized spacial score (nSPS) is 22.6. The molecule has 0 bridgehead atoms. The second kappa shape index (κ2) is 8.27. The van der Waals surface area contributed by atoms with Crippen molar-refractivity contribution in [3.05, 3.63) is 33.8 Å². The first-order chi connectivity index (χ1) is 12.5. The molecule has 2 heterocycles. The lowest BCUT2D eigenvalue weighted by Gasteiger charge is -2.33. The zero-order valence-electron chi connectivity index (χ0n) is 14.5. The lowest BCUT2D eigenvalue weighted by molar-refractivity contribution is -0.145. The van der Waals surface area contributed by atoms with Crippen molar-refractivity contribution >= 4 is 40.7 Å². The number of rotatable bonds is 4. The topological polar surface area (TPSA) is 71.0 Å². The van der Waals surface area contributed by atoms with Gasteiger partial charge in [-0.25, -0.2) is 0 Å². The number of nitrogens with one attached hydrogen (secondary N) is 1. The van der Waals surface area contributed by atoms with E-state index in [-0.39, 0.29) is 17.7 Å². The number of carbonyl (C=O) groups is 2. The molecule has 2 atom stereocenters. The van der Waals surface area contributed by atoms with Gasteiger partial charge in [-0.05, 0) is 31.9 Å². The lowest BCUT2D eigenvalue weighted by Crippen LogP contribution is -2.48. The summed E-state index contributed by atoms with van der Waals surface area (Å²) in [6.45, 7) is 3.53. The Morgan fingerprint density at radius 1 is 1.38 bits per heavy atom. The van der Waals surface area contributed by atoms with Crippen LogP contribution in [0.2, 0.25) is 10.0 Å². The summed E-state index contributed by atoms with van der Waals surface area (Å²) in [5, 5.41) is 7.88. The molecule has 26 heavy (non-hydrogen) atoms. The van der Waals surface area contributed by atoms with Gasteiger partial charge in [-0.15, -0.1) is 0 Å². The fraction of sp³-hybridized carbons (Fsp3) is 0.500. The van der Waals surface area contributed by atoms with E-state index in [1.54, 1.807) is 23.1 Å². The number of hydrogen-bond donors (Lipinski definition) is 1.